The molecule has 0 aliphatic rings. The van der Waals surface area contributed by atoms with Gasteiger partial charge >= 0.3 is 12.0 Å². The summed E-state index contributed by atoms with van der Waals surface area (Å²) in [6.45, 7) is 3.85. The van der Waals surface area contributed by atoms with E-state index in [-0.39, 0.29) is 0 Å². The lowest BCUT2D eigenvalue weighted by Crippen LogP contribution is -2.24. The minimum absolute atomic E-state index is 0.477. The molecule has 5 heteroatoms. The molecule has 1 rings (SSSR count). The van der Waals surface area contributed by atoms with E-state index in [9.17, 15) is 9.59 Å². The zero-order valence-electron chi connectivity index (χ0n) is 9.65. The van der Waals surface area contributed by atoms with Crippen LogP contribution in [-0.4, -0.2) is 17.1 Å². The molecule has 1 aromatic carbocycles. The van der Waals surface area contributed by atoms with Crippen LogP contribution in [0.4, 0.5) is 10.5 Å². The van der Waals surface area contributed by atoms with Crippen molar-refractivity contribution in [1.82, 2.24) is 5.32 Å². The van der Waals surface area contributed by atoms with E-state index >= 15 is 0 Å². The number of carboxylic acid groups (broad SMARTS) is 1. The summed E-state index contributed by atoms with van der Waals surface area (Å²) < 4.78 is 0. The quantitative estimate of drug-likeness (QED) is 0.700. The zero-order chi connectivity index (χ0) is 12.8. The Morgan fingerprint density at radius 1 is 1.29 bits per heavy atom. The summed E-state index contributed by atoms with van der Waals surface area (Å²) in [5.41, 5.74) is 2.75. The van der Waals surface area contributed by atoms with Crippen molar-refractivity contribution in [1.29, 1.82) is 0 Å². The molecule has 1 aromatic rings. The molecule has 0 aromatic heterocycles. The first-order chi connectivity index (χ1) is 7.99. The number of hydrogen-bond acceptors (Lipinski definition) is 2. The Balaban J connectivity index is 2.59. The number of carbonyl (C=O) groups excluding carboxylic acids is 1. The molecule has 0 aliphatic heterocycles. The Bertz CT molecular complexity index is 467. The highest BCUT2D eigenvalue weighted by Gasteiger charge is 2.02. The second-order valence-electron chi connectivity index (χ2n) is 3.59. The van der Waals surface area contributed by atoms with Crippen LogP contribution in [0.3, 0.4) is 0 Å². The van der Waals surface area contributed by atoms with Crippen LogP contribution in [0.1, 0.15) is 11.1 Å². The molecule has 0 saturated heterocycles. The van der Waals surface area contributed by atoms with Crippen molar-refractivity contribution in [3.8, 4) is 0 Å². The van der Waals surface area contributed by atoms with Gasteiger partial charge in [-0.05, 0) is 25.5 Å². The predicted octanol–water partition coefficient (Wildman–Crippen LogP) is 2.02. The van der Waals surface area contributed by atoms with Crippen LogP contribution in [0.25, 0.3) is 0 Å². The molecule has 0 spiro atoms. The number of aryl methyl sites for hydroxylation is 2. The number of rotatable bonds is 3. The number of anilines is 1. The zero-order valence-corrected chi connectivity index (χ0v) is 9.65. The van der Waals surface area contributed by atoms with E-state index in [0.29, 0.717) is 5.69 Å². The standard InChI is InChI=1S/C12H14N2O3/c1-8-3-4-10(9(2)7-8)14-12(17)13-6-5-11(15)16/h3-7H,1-2H3,(H,15,16)(H2,13,14,17)/b6-5+. The van der Waals surface area contributed by atoms with E-state index in [0.717, 1.165) is 23.4 Å². The SMILES string of the molecule is Cc1ccc(NC(=O)N/C=C/C(=O)O)c(C)c1. The molecule has 90 valence electrons. The van der Waals surface area contributed by atoms with Crippen molar-refractivity contribution in [2.75, 3.05) is 5.32 Å². The monoisotopic (exact) mass is 234 g/mol. The average molecular weight is 234 g/mol. The lowest BCUT2D eigenvalue weighted by molar-refractivity contribution is -0.131. The second-order valence-corrected chi connectivity index (χ2v) is 3.59. The Morgan fingerprint density at radius 3 is 2.59 bits per heavy atom. The van der Waals surface area contributed by atoms with E-state index in [4.69, 9.17) is 5.11 Å². The van der Waals surface area contributed by atoms with Gasteiger partial charge < -0.3 is 15.7 Å². The fourth-order valence-corrected chi connectivity index (χ4v) is 1.30. The maximum absolute atomic E-state index is 11.4. The van der Waals surface area contributed by atoms with Gasteiger partial charge in [-0.2, -0.15) is 0 Å². The van der Waals surface area contributed by atoms with Crippen LogP contribution in [-0.2, 0) is 4.79 Å². The first-order valence-corrected chi connectivity index (χ1v) is 5.03. The summed E-state index contributed by atoms with van der Waals surface area (Å²) in [5.74, 6) is -1.11. The van der Waals surface area contributed by atoms with Gasteiger partial charge in [0.15, 0.2) is 0 Å². The van der Waals surface area contributed by atoms with Crippen molar-refractivity contribution in [3.63, 3.8) is 0 Å². The second kappa shape index (κ2) is 5.69. The molecule has 0 bridgehead atoms. The Hall–Kier alpha value is -2.30. The Labute approximate surface area is 99.1 Å². The third-order valence-corrected chi connectivity index (χ3v) is 2.07. The van der Waals surface area contributed by atoms with Gasteiger partial charge in [0, 0.05) is 18.0 Å². The third kappa shape index (κ3) is 4.38. The van der Waals surface area contributed by atoms with Crippen LogP contribution in [0.15, 0.2) is 30.5 Å². The smallest absolute Gasteiger partial charge is 0.329 e. The first-order valence-electron chi connectivity index (χ1n) is 5.03. The highest BCUT2D eigenvalue weighted by Crippen LogP contribution is 2.15. The molecule has 17 heavy (non-hydrogen) atoms. The van der Waals surface area contributed by atoms with E-state index in [1.165, 1.54) is 0 Å². The third-order valence-electron chi connectivity index (χ3n) is 2.07. The van der Waals surface area contributed by atoms with Crippen LogP contribution in [0.2, 0.25) is 0 Å². The number of aliphatic carboxylic acids is 1. The number of nitrogens with one attached hydrogen (secondary N) is 2. The molecule has 0 fully saturated rings. The summed E-state index contributed by atoms with van der Waals surface area (Å²) in [6, 6.07) is 5.15. The van der Waals surface area contributed by atoms with Crippen molar-refractivity contribution < 1.29 is 14.7 Å². The van der Waals surface area contributed by atoms with Crippen molar-refractivity contribution >= 4 is 17.7 Å². The Morgan fingerprint density at radius 2 is 2.00 bits per heavy atom. The van der Waals surface area contributed by atoms with Crippen LogP contribution in [0, 0.1) is 13.8 Å². The van der Waals surface area contributed by atoms with Gasteiger partial charge in [0.2, 0.25) is 0 Å². The van der Waals surface area contributed by atoms with Gasteiger partial charge in [-0.3, -0.25) is 0 Å². The largest absolute Gasteiger partial charge is 0.478 e. The summed E-state index contributed by atoms with van der Waals surface area (Å²) in [5, 5.41) is 13.2. The fraction of sp³-hybridized carbons (Fsp3) is 0.167. The van der Waals surface area contributed by atoms with Gasteiger partial charge in [-0.25, -0.2) is 9.59 Å². The fourth-order valence-electron chi connectivity index (χ4n) is 1.30. The van der Waals surface area contributed by atoms with Gasteiger partial charge in [-0.1, -0.05) is 17.7 Å². The summed E-state index contributed by atoms with van der Waals surface area (Å²) in [7, 11) is 0. The lowest BCUT2D eigenvalue weighted by atomic mass is 10.1. The van der Waals surface area contributed by atoms with E-state index in [1.54, 1.807) is 6.07 Å². The maximum Gasteiger partial charge on any atom is 0.329 e. The number of benzene rings is 1. The van der Waals surface area contributed by atoms with E-state index in [1.807, 2.05) is 26.0 Å². The van der Waals surface area contributed by atoms with Crippen LogP contribution < -0.4 is 10.6 Å². The molecule has 3 N–H and O–H groups in total. The number of hydrogen-bond donors (Lipinski definition) is 3. The summed E-state index contributed by atoms with van der Waals surface area (Å²) >= 11 is 0. The van der Waals surface area contributed by atoms with Crippen molar-refractivity contribution in [2.24, 2.45) is 0 Å². The van der Waals surface area contributed by atoms with Gasteiger partial charge in [0.25, 0.3) is 0 Å². The van der Waals surface area contributed by atoms with Gasteiger partial charge in [-0.15, -0.1) is 0 Å². The number of carbonyl (C=O) groups is 2. The van der Waals surface area contributed by atoms with Crippen LogP contribution in [0.5, 0.6) is 0 Å². The molecule has 0 atom stereocenters. The van der Waals surface area contributed by atoms with Crippen molar-refractivity contribution in [3.05, 3.63) is 41.6 Å². The minimum Gasteiger partial charge on any atom is -0.478 e. The topological polar surface area (TPSA) is 78.4 Å². The van der Waals surface area contributed by atoms with Crippen LogP contribution >= 0.6 is 0 Å². The molecule has 0 saturated carbocycles. The maximum atomic E-state index is 11.4. The highest BCUT2D eigenvalue weighted by molar-refractivity contribution is 5.91. The van der Waals surface area contributed by atoms with E-state index < -0.39 is 12.0 Å². The molecule has 0 unspecified atom stereocenters. The molecule has 0 radical (unpaired) electrons. The molecule has 2 amide bonds. The molecular formula is C12H14N2O3. The lowest BCUT2D eigenvalue weighted by Gasteiger charge is -2.08. The summed E-state index contributed by atoms with van der Waals surface area (Å²) in [4.78, 5) is 21.5. The predicted molar refractivity (Wildman–Crippen MR) is 64.8 cm³/mol. The average Bonchev–Trinajstić information content (AvgIpc) is 2.21. The minimum atomic E-state index is -1.11. The number of carboxylic acids is 1. The number of amides is 2. The molecule has 5 nitrogen and oxygen atoms in total. The van der Waals surface area contributed by atoms with E-state index in [2.05, 4.69) is 10.6 Å². The summed E-state index contributed by atoms with van der Waals surface area (Å²) in [6.07, 6.45) is 1.92. The van der Waals surface area contributed by atoms with Crippen molar-refractivity contribution in [2.45, 2.75) is 13.8 Å². The molecule has 0 heterocycles. The highest BCUT2D eigenvalue weighted by atomic mass is 16.4. The molecule has 0 aliphatic carbocycles. The normalized spacial score (nSPS) is 10.2. The van der Waals surface area contributed by atoms with Gasteiger partial charge in [0.05, 0.1) is 0 Å². The first kappa shape index (κ1) is 12.8. The Kier molecular flexibility index (Phi) is 4.28. The van der Waals surface area contributed by atoms with Gasteiger partial charge in [0.1, 0.15) is 0 Å². The molecular weight excluding hydrogens is 220 g/mol. The number of urea groups is 1.